The van der Waals surface area contributed by atoms with Gasteiger partial charge in [-0.2, -0.15) is 0 Å². The maximum absolute atomic E-state index is 13.0. The van der Waals surface area contributed by atoms with Crippen LogP contribution in [-0.4, -0.2) is 45.8 Å². The van der Waals surface area contributed by atoms with Gasteiger partial charge < -0.3 is 14.9 Å². The number of carbonyl (C=O) groups is 1. The van der Waals surface area contributed by atoms with Crippen molar-refractivity contribution in [2.75, 3.05) is 5.75 Å². The molecule has 0 spiro atoms. The minimum Gasteiger partial charge on any atom is -0.385 e. The minimum atomic E-state index is -1.62. The van der Waals surface area contributed by atoms with Gasteiger partial charge in [0, 0.05) is 12.7 Å². The number of hydrogen-bond acceptors (Lipinski definition) is 5. The highest BCUT2D eigenvalue weighted by Crippen LogP contribution is 2.25. The molecule has 0 unspecified atom stereocenters. The summed E-state index contributed by atoms with van der Waals surface area (Å²) in [6.45, 7) is 1.36. The quantitative estimate of drug-likeness (QED) is 0.654. The van der Waals surface area contributed by atoms with Crippen molar-refractivity contribution in [2.45, 2.75) is 31.6 Å². The molecule has 1 fully saturated rings. The van der Waals surface area contributed by atoms with E-state index in [0.717, 1.165) is 11.8 Å². The lowest BCUT2D eigenvalue weighted by atomic mass is 10.2. The highest BCUT2D eigenvalue weighted by atomic mass is 32.2. The molecule has 0 aliphatic carbocycles. The molecule has 0 amide bonds. The predicted molar refractivity (Wildman–Crippen MR) is 44.9 cm³/mol. The van der Waals surface area contributed by atoms with Crippen molar-refractivity contribution < 1.29 is 24.1 Å². The Labute approximate surface area is 79.1 Å². The van der Waals surface area contributed by atoms with Crippen LogP contribution in [0.1, 0.15) is 6.92 Å². The van der Waals surface area contributed by atoms with Crippen LogP contribution in [0.5, 0.6) is 0 Å². The summed E-state index contributed by atoms with van der Waals surface area (Å²) in [4.78, 5) is 10.5. The fourth-order valence-electron chi connectivity index (χ4n) is 1.04. The summed E-state index contributed by atoms with van der Waals surface area (Å²) in [5.41, 5.74) is 0. The highest BCUT2D eigenvalue weighted by Gasteiger charge is 2.43. The molecule has 76 valence electrons. The molecule has 0 aromatic rings. The summed E-state index contributed by atoms with van der Waals surface area (Å²) in [5.74, 6) is 0.116. The van der Waals surface area contributed by atoms with Crippen LogP contribution in [0.2, 0.25) is 0 Å². The summed E-state index contributed by atoms with van der Waals surface area (Å²) in [6.07, 6.45) is -5.51. The van der Waals surface area contributed by atoms with Crippen LogP contribution in [0.15, 0.2) is 0 Å². The maximum Gasteiger partial charge on any atom is 0.185 e. The molecule has 13 heavy (non-hydrogen) atoms. The Morgan fingerprint density at radius 1 is 1.62 bits per heavy atom. The third-order valence-electron chi connectivity index (χ3n) is 1.74. The van der Waals surface area contributed by atoms with Gasteiger partial charge in [0.2, 0.25) is 0 Å². The van der Waals surface area contributed by atoms with Crippen molar-refractivity contribution in [3.63, 3.8) is 0 Å². The van der Waals surface area contributed by atoms with E-state index < -0.39 is 24.7 Å². The molecule has 1 rings (SSSR count). The first-order valence-electron chi connectivity index (χ1n) is 3.81. The van der Waals surface area contributed by atoms with E-state index in [1.165, 1.54) is 6.92 Å². The SMILES string of the molecule is CC(=O)SC[C@H]1O[C@H](O)[C@H](O)[C@H]1F. The van der Waals surface area contributed by atoms with E-state index in [1.807, 2.05) is 0 Å². The average Bonchev–Trinajstić information content (AvgIpc) is 2.29. The van der Waals surface area contributed by atoms with Crippen LogP contribution in [0.3, 0.4) is 0 Å². The fourth-order valence-corrected chi connectivity index (χ4v) is 1.70. The van der Waals surface area contributed by atoms with E-state index in [1.54, 1.807) is 0 Å². The van der Waals surface area contributed by atoms with Gasteiger partial charge in [-0.05, 0) is 0 Å². The molecule has 0 aromatic heterocycles. The van der Waals surface area contributed by atoms with Gasteiger partial charge in [0.05, 0.1) is 0 Å². The largest absolute Gasteiger partial charge is 0.385 e. The molecule has 1 aliphatic heterocycles. The fraction of sp³-hybridized carbons (Fsp3) is 0.857. The number of aliphatic hydroxyl groups is 2. The maximum atomic E-state index is 13.0. The van der Waals surface area contributed by atoms with Crippen LogP contribution >= 0.6 is 11.8 Å². The first kappa shape index (κ1) is 10.9. The molecule has 0 saturated carbocycles. The van der Waals surface area contributed by atoms with E-state index in [4.69, 9.17) is 14.9 Å². The van der Waals surface area contributed by atoms with E-state index in [2.05, 4.69) is 0 Å². The Balaban J connectivity index is 2.40. The molecule has 6 heteroatoms. The summed E-state index contributed by atoms with van der Waals surface area (Å²) < 4.78 is 17.7. The zero-order valence-corrected chi connectivity index (χ0v) is 7.83. The number of halogens is 1. The van der Waals surface area contributed by atoms with Gasteiger partial charge in [-0.1, -0.05) is 11.8 Å². The first-order chi connectivity index (χ1) is 6.02. The molecule has 0 aromatic carbocycles. The van der Waals surface area contributed by atoms with Gasteiger partial charge in [0.25, 0.3) is 0 Å². The molecule has 2 N–H and O–H groups in total. The third-order valence-corrected chi connectivity index (χ3v) is 2.64. The van der Waals surface area contributed by atoms with Gasteiger partial charge in [-0.25, -0.2) is 4.39 Å². The zero-order chi connectivity index (χ0) is 10.0. The lowest BCUT2D eigenvalue weighted by Crippen LogP contribution is -2.29. The molecule has 1 aliphatic rings. The Hall–Kier alpha value is -0.170. The number of alkyl halides is 1. The highest BCUT2D eigenvalue weighted by molar-refractivity contribution is 8.13. The second-order valence-corrected chi connectivity index (χ2v) is 4.00. The van der Waals surface area contributed by atoms with Crippen molar-refractivity contribution in [1.82, 2.24) is 0 Å². The van der Waals surface area contributed by atoms with Gasteiger partial charge in [0.1, 0.15) is 12.2 Å². The van der Waals surface area contributed by atoms with Crippen molar-refractivity contribution in [3.05, 3.63) is 0 Å². The standard InChI is InChI=1S/C7H11FO4S/c1-3(9)13-2-4-5(8)6(10)7(11)12-4/h4-7,10-11H,2H2,1H3/t4-,5+,6-,7+/m1/s1. The van der Waals surface area contributed by atoms with Gasteiger partial charge >= 0.3 is 0 Å². The van der Waals surface area contributed by atoms with Crippen molar-refractivity contribution >= 4 is 16.9 Å². The number of rotatable bonds is 2. The second-order valence-electron chi connectivity index (χ2n) is 2.80. The Bertz CT molecular complexity index is 201. The normalized spacial score (nSPS) is 39.4. The van der Waals surface area contributed by atoms with Crippen LogP contribution in [0.4, 0.5) is 4.39 Å². The Kier molecular flexibility index (Phi) is 3.66. The molecule has 1 saturated heterocycles. The topological polar surface area (TPSA) is 66.8 Å². The average molecular weight is 210 g/mol. The number of ether oxygens (including phenoxy) is 1. The smallest absolute Gasteiger partial charge is 0.185 e. The summed E-state index contributed by atoms with van der Waals surface area (Å²) in [7, 11) is 0. The van der Waals surface area contributed by atoms with Crippen molar-refractivity contribution in [2.24, 2.45) is 0 Å². The second kappa shape index (κ2) is 4.36. The molecule has 4 atom stereocenters. The third kappa shape index (κ3) is 2.63. The van der Waals surface area contributed by atoms with Crippen molar-refractivity contribution in [1.29, 1.82) is 0 Å². The first-order valence-corrected chi connectivity index (χ1v) is 4.80. The van der Waals surface area contributed by atoms with Crippen LogP contribution < -0.4 is 0 Å². The van der Waals surface area contributed by atoms with Gasteiger partial charge in [-0.3, -0.25) is 4.79 Å². The Morgan fingerprint density at radius 3 is 2.62 bits per heavy atom. The molecule has 4 nitrogen and oxygen atoms in total. The number of thioether (sulfide) groups is 1. The number of carbonyl (C=O) groups excluding carboxylic acids is 1. The summed E-state index contributed by atoms with van der Waals surface area (Å²) in [5, 5.41) is 17.7. The lowest BCUT2D eigenvalue weighted by Gasteiger charge is -2.09. The molecule has 0 bridgehead atoms. The molecule has 0 radical (unpaired) electrons. The van der Waals surface area contributed by atoms with Crippen LogP contribution in [-0.2, 0) is 9.53 Å². The lowest BCUT2D eigenvalue weighted by molar-refractivity contribution is -0.123. The molecular weight excluding hydrogens is 199 g/mol. The van der Waals surface area contributed by atoms with E-state index in [9.17, 15) is 9.18 Å². The van der Waals surface area contributed by atoms with Crippen LogP contribution in [0, 0.1) is 0 Å². The molecular formula is C7H11FO4S. The minimum absolute atomic E-state index is 0.116. The molecule has 1 heterocycles. The summed E-state index contributed by atoms with van der Waals surface area (Å²) in [6, 6.07) is 0. The summed E-state index contributed by atoms with van der Waals surface area (Å²) >= 11 is 0.910. The predicted octanol–water partition coefficient (Wildman–Crippen LogP) is -0.318. The van der Waals surface area contributed by atoms with Gasteiger partial charge in [-0.15, -0.1) is 0 Å². The van der Waals surface area contributed by atoms with E-state index in [-0.39, 0.29) is 10.9 Å². The van der Waals surface area contributed by atoms with E-state index >= 15 is 0 Å². The monoisotopic (exact) mass is 210 g/mol. The van der Waals surface area contributed by atoms with Gasteiger partial charge in [0.15, 0.2) is 17.6 Å². The van der Waals surface area contributed by atoms with Crippen LogP contribution in [0.25, 0.3) is 0 Å². The van der Waals surface area contributed by atoms with E-state index in [0.29, 0.717) is 0 Å². The van der Waals surface area contributed by atoms with Crippen molar-refractivity contribution in [3.8, 4) is 0 Å². The number of aliphatic hydroxyl groups excluding tert-OH is 2. The Morgan fingerprint density at radius 2 is 2.23 bits per heavy atom. The zero-order valence-electron chi connectivity index (χ0n) is 7.01. The number of hydrogen-bond donors (Lipinski definition) is 2.